The van der Waals surface area contributed by atoms with Gasteiger partial charge in [-0.2, -0.15) is 0 Å². The summed E-state index contributed by atoms with van der Waals surface area (Å²) in [6.07, 6.45) is 0. The molecule has 0 amide bonds. The number of hydrogen-bond acceptors (Lipinski definition) is 0. The molecule has 0 saturated heterocycles. The van der Waals surface area contributed by atoms with Gasteiger partial charge in [-0.05, 0) is 0 Å². The van der Waals surface area contributed by atoms with E-state index < -0.39 is 16.2 Å². The van der Waals surface area contributed by atoms with Crippen molar-refractivity contribution in [2.75, 3.05) is 0 Å². The summed E-state index contributed by atoms with van der Waals surface area (Å²) < 4.78 is 3.15. The van der Waals surface area contributed by atoms with E-state index in [4.69, 9.17) is 0 Å². The predicted octanol–water partition coefficient (Wildman–Crippen LogP) is 1.30. The molecular weight excluding hydrogens is 130 g/mol. The first-order chi connectivity index (χ1) is 2.77. The van der Waals surface area contributed by atoms with Crippen LogP contribution >= 0.6 is 0 Å². The van der Waals surface area contributed by atoms with Gasteiger partial charge in [0.25, 0.3) is 0 Å². The van der Waals surface area contributed by atoms with E-state index in [0.29, 0.717) is 0 Å². The van der Waals surface area contributed by atoms with Gasteiger partial charge in [-0.3, -0.25) is 0 Å². The third-order valence-corrected chi connectivity index (χ3v) is 2.25. The molecule has 0 fully saturated rings. The molecule has 0 atom stereocenters. The van der Waals surface area contributed by atoms with Crippen LogP contribution in [0.4, 0.5) is 0 Å². The molecule has 0 bridgehead atoms. The summed E-state index contributed by atoms with van der Waals surface area (Å²) >= 11 is -0.906. The van der Waals surface area contributed by atoms with Gasteiger partial charge < -0.3 is 0 Å². The molecule has 0 saturated carbocycles. The van der Waals surface area contributed by atoms with E-state index in [1.165, 1.54) is 0 Å². The second-order valence-electron chi connectivity index (χ2n) is 1.55. The average molecular weight is 139 g/mol. The molecule has 0 spiro atoms. The van der Waals surface area contributed by atoms with Crippen molar-refractivity contribution in [2.24, 2.45) is 0 Å². The maximum atomic E-state index is 3.15. The minimum atomic E-state index is -0.906. The van der Waals surface area contributed by atoms with Crippen LogP contribution in [0.2, 0.25) is 11.0 Å². The zero-order valence-corrected chi connectivity index (χ0v) is 7.00. The molecule has 1 heteroatoms. The van der Waals surface area contributed by atoms with E-state index in [0.717, 1.165) is 0 Å². The first-order valence-electron chi connectivity index (χ1n) is 2.19. The fourth-order valence-corrected chi connectivity index (χ4v) is 1.50. The Morgan fingerprint density at radius 2 is 1.83 bits per heavy atom. The summed E-state index contributed by atoms with van der Waals surface area (Å²) in [6, 6.07) is 0. The van der Waals surface area contributed by atoms with Gasteiger partial charge >= 0.3 is 44.5 Å². The first-order valence-corrected chi connectivity index (χ1v) is 8.25. The Balaban J connectivity index is 3.20. The third-order valence-electron chi connectivity index (χ3n) is 0.433. The van der Waals surface area contributed by atoms with Crippen LogP contribution in [0.5, 0.6) is 0 Å². The van der Waals surface area contributed by atoms with E-state index in [1.807, 2.05) is 6.92 Å². The molecule has 0 aliphatic heterocycles. The Hall–Kier alpha value is 0.196. The topological polar surface area (TPSA) is 0 Å². The van der Waals surface area contributed by atoms with Crippen LogP contribution in [0, 0.1) is 10.4 Å². The summed E-state index contributed by atoms with van der Waals surface area (Å²) in [5, 5.41) is 0. The molecular formula is C5H9Ga. The van der Waals surface area contributed by atoms with E-state index in [2.05, 4.69) is 21.4 Å². The normalized spacial score (nSPS) is 5.83. The van der Waals surface area contributed by atoms with Crippen LogP contribution in [-0.4, -0.2) is 16.2 Å². The Morgan fingerprint density at radius 1 is 1.33 bits per heavy atom. The van der Waals surface area contributed by atoms with Crippen molar-refractivity contribution in [1.82, 2.24) is 0 Å². The Labute approximate surface area is 45.0 Å². The van der Waals surface area contributed by atoms with Crippen molar-refractivity contribution >= 4 is 16.2 Å². The summed E-state index contributed by atoms with van der Waals surface area (Å²) in [7, 11) is 0. The SMILES string of the molecule is CC#[C][Ga]([CH3])[CH3]. The zero-order valence-electron chi connectivity index (χ0n) is 4.58. The third kappa shape index (κ3) is 4.20. The Morgan fingerprint density at radius 3 is 1.83 bits per heavy atom. The summed E-state index contributed by atoms with van der Waals surface area (Å²) in [4.78, 5) is 0. The summed E-state index contributed by atoms with van der Waals surface area (Å²) in [5.41, 5.74) is 4.53. The van der Waals surface area contributed by atoms with Crippen molar-refractivity contribution in [3.05, 3.63) is 0 Å². The van der Waals surface area contributed by atoms with Gasteiger partial charge in [-0.15, -0.1) is 0 Å². The molecule has 32 valence electrons. The molecule has 0 aromatic rings. The van der Waals surface area contributed by atoms with Gasteiger partial charge in [0.05, 0.1) is 0 Å². The number of rotatable bonds is 0. The molecule has 0 nitrogen and oxygen atoms in total. The van der Waals surface area contributed by atoms with E-state index in [1.54, 1.807) is 0 Å². The van der Waals surface area contributed by atoms with Crippen molar-refractivity contribution in [3.63, 3.8) is 0 Å². The maximum absolute atomic E-state index is 3.15. The second-order valence-corrected chi connectivity index (χ2v) is 7.00. The van der Waals surface area contributed by atoms with Gasteiger partial charge in [0, 0.05) is 0 Å². The van der Waals surface area contributed by atoms with Crippen LogP contribution in [0.3, 0.4) is 0 Å². The van der Waals surface area contributed by atoms with Crippen molar-refractivity contribution in [3.8, 4) is 10.4 Å². The van der Waals surface area contributed by atoms with Gasteiger partial charge in [0.2, 0.25) is 0 Å². The fraction of sp³-hybridized carbons (Fsp3) is 0.600. The fourth-order valence-electron chi connectivity index (χ4n) is 0.289. The van der Waals surface area contributed by atoms with Crippen LogP contribution in [0.25, 0.3) is 0 Å². The van der Waals surface area contributed by atoms with Gasteiger partial charge in [-0.25, -0.2) is 0 Å². The molecule has 0 aromatic carbocycles. The van der Waals surface area contributed by atoms with Gasteiger partial charge in [0.1, 0.15) is 0 Å². The van der Waals surface area contributed by atoms with E-state index >= 15 is 0 Å². The molecule has 0 heterocycles. The van der Waals surface area contributed by atoms with Crippen LogP contribution < -0.4 is 0 Å². The zero-order chi connectivity index (χ0) is 4.99. The van der Waals surface area contributed by atoms with Crippen LogP contribution in [0.15, 0.2) is 0 Å². The summed E-state index contributed by atoms with van der Waals surface area (Å²) in [6.45, 7) is 1.91. The minimum absolute atomic E-state index is 0.906. The van der Waals surface area contributed by atoms with E-state index in [-0.39, 0.29) is 0 Å². The van der Waals surface area contributed by atoms with Crippen molar-refractivity contribution in [2.45, 2.75) is 17.9 Å². The van der Waals surface area contributed by atoms with Crippen molar-refractivity contribution in [1.29, 1.82) is 0 Å². The van der Waals surface area contributed by atoms with Crippen LogP contribution in [-0.2, 0) is 0 Å². The molecule has 6 heavy (non-hydrogen) atoms. The molecule has 0 rings (SSSR count). The van der Waals surface area contributed by atoms with Gasteiger partial charge in [0.15, 0.2) is 0 Å². The molecule has 0 aliphatic carbocycles. The van der Waals surface area contributed by atoms with Crippen LogP contribution in [0.1, 0.15) is 6.92 Å². The standard InChI is InChI=1S/C3H3.2CH3.Ga/c1-3-2;;;/h1H3;2*1H3;. The first kappa shape index (κ1) is 6.20. The van der Waals surface area contributed by atoms with Crippen molar-refractivity contribution < 1.29 is 0 Å². The quantitative estimate of drug-likeness (QED) is 0.350. The monoisotopic (exact) mass is 138 g/mol. The van der Waals surface area contributed by atoms with Gasteiger partial charge in [-0.1, -0.05) is 0 Å². The Bertz CT molecular complexity index is 73.7. The second kappa shape index (κ2) is 3.39. The molecule has 0 N–H and O–H groups in total. The molecule has 0 radical (unpaired) electrons. The number of hydrogen-bond donors (Lipinski definition) is 0. The average Bonchev–Trinajstić information content (AvgIpc) is 1.35. The predicted molar refractivity (Wildman–Crippen MR) is 30.9 cm³/mol. The Kier molecular flexibility index (Phi) is 3.50. The summed E-state index contributed by atoms with van der Waals surface area (Å²) in [5.74, 6) is 2.90. The molecule has 0 aromatic heterocycles. The molecule has 0 unspecified atom stereocenters. The van der Waals surface area contributed by atoms with E-state index in [9.17, 15) is 0 Å². The molecule has 0 aliphatic rings.